The fraction of sp³-hybridized carbons (Fsp3) is 0.462. The molecule has 0 aliphatic heterocycles. The Balaban J connectivity index is 2.13. The van der Waals surface area contributed by atoms with E-state index >= 15 is 0 Å². The first-order chi connectivity index (χ1) is 8.22. The molecule has 1 rings (SSSR count). The molecule has 0 bridgehead atoms. The van der Waals surface area contributed by atoms with E-state index in [4.69, 9.17) is 5.21 Å². The summed E-state index contributed by atoms with van der Waals surface area (Å²) in [6.07, 6.45) is 2.15. The highest BCUT2D eigenvalue weighted by Crippen LogP contribution is 2.01. The zero-order valence-electron chi connectivity index (χ0n) is 10.2. The Labute approximate surface area is 102 Å². The van der Waals surface area contributed by atoms with Gasteiger partial charge < -0.3 is 4.90 Å². The van der Waals surface area contributed by atoms with Gasteiger partial charge in [-0.05, 0) is 32.0 Å². The summed E-state index contributed by atoms with van der Waals surface area (Å²) in [5.41, 5.74) is 2.97. The molecule has 0 unspecified atom stereocenters. The SMILES string of the molecule is CN(CCCC(=O)NO)CCc1ccccc1. The monoisotopic (exact) mass is 236 g/mol. The van der Waals surface area contributed by atoms with Gasteiger partial charge in [0.05, 0.1) is 0 Å². The van der Waals surface area contributed by atoms with Gasteiger partial charge in [0.2, 0.25) is 5.91 Å². The molecule has 17 heavy (non-hydrogen) atoms. The van der Waals surface area contributed by atoms with Crippen LogP contribution in [0.3, 0.4) is 0 Å². The van der Waals surface area contributed by atoms with Crippen molar-refractivity contribution in [2.24, 2.45) is 0 Å². The predicted octanol–water partition coefficient (Wildman–Crippen LogP) is 1.45. The minimum atomic E-state index is -0.318. The van der Waals surface area contributed by atoms with Crippen molar-refractivity contribution in [3.8, 4) is 0 Å². The molecule has 4 heteroatoms. The lowest BCUT2D eigenvalue weighted by atomic mass is 10.1. The van der Waals surface area contributed by atoms with E-state index in [-0.39, 0.29) is 5.91 Å². The molecule has 1 aromatic rings. The molecule has 0 atom stereocenters. The molecule has 1 amide bonds. The summed E-state index contributed by atoms with van der Waals surface area (Å²) >= 11 is 0. The maximum absolute atomic E-state index is 10.8. The lowest BCUT2D eigenvalue weighted by Crippen LogP contribution is -2.25. The van der Waals surface area contributed by atoms with E-state index in [0.717, 1.165) is 25.9 Å². The summed E-state index contributed by atoms with van der Waals surface area (Å²) < 4.78 is 0. The average molecular weight is 236 g/mol. The average Bonchev–Trinajstić information content (AvgIpc) is 2.37. The Hall–Kier alpha value is -1.39. The summed E-state index contributed by atoms with van der Waals surface area (Å²) in [6.45, 7) is 1.84. The highest BCUT2D eigenvalue weighted by atomic mass is 16.5. The Morgan fingerprint density at radius 2 is 2.00 bits per heavy atom. The summed E-state index contributed by atoms with van der Waals surface area (Å²) in [5, 5.41) is 8.34. The van der Waals surface area contributed by atoms with Crippen molar-refractivity contribution in [3.05, 3.63) is 35.9 Å². The number of likely N-dealkylation sites (N-methyl/N-ethyl adjacent to an activating group) is 1. The molecule has 0 aromatic heterocycles. The third-order valence-corrected chi connectivity index (χ3v) is 2.69. The summed E-state index contributed by atoms with van der Waals surface area (Å²) in [5.74, 6) is -0.318. The highest BCUT2D eigenvalue weighted by Gasteiger charge is 2.02. The van der Waals surface area contributed by atoms with Gasteiger partial charge in [0.1, 0.15) is 0 Å². The normalized spacial score (nSPS) is 10.5. The molecule has 0 heterocycles. The van der Waals surface area contributed by atoms with Crippen LogP contribution >= 0.6 is 0 Å². The highest BCUT2D eigenvalue weighted by molar-refractivity contribution is 5.74. The summed E-state index contributed by atoms with van der Waals surface area (Å²) in [6, 6.07) is 10.3. The van der Waals surface area contributed by atoms with Gasteiger partial charge >= 0.3 is 0 Å². The minimum Gasteiger partial charge on any atom is -0.306 e. The van der Waals surface area contributed by atoms with Crippen LogP contribution in [-0.2, 0) is 11.2 Å². The van der Waals surface area contributed by atoms with E-state index < -0.39 is 0 Å². The third kappa shape index (κ3) is 6.04. The second-order valence-electron chi connectivity index (χ2n) is 4.18. The molecule has 0 radical (unpaired) electrons. The number of nitrogens with zero attached hydrogens (tertiary/aromatic N) is 1. The quantitative estimate of drug-likeness (QED) is 0.556. The number of hydrogen-bond acceptors (Lipinski definition) is 3. The van der Waals surface area contributed by atoms with Gasteiger partial charge in [-0.1, -0.05) is 30.3 Å². The molecule has 0 saturated heterocycles. The van der Waals surface area contributed by atoms with Crippen LogP contribution in [0.15, 0.2) is 30.3 Å². The fourth-order valence-electron chi connectivity index (χ4n) is 1.64. The van der Waals surface area contributed by atoms with Crippen LogP contribution in [0.1, 0.15) is 18.4 Å². The van der Waals surface area contributed by atoms with Crippen LogP contribution in [0.2, 0.25) is 0 Å². The van der Waals surface area contributed by atoms with E-state index in [1.54, 1.807) is 5.48 Å². The number of nitrogens with one attached hydrogen (secondary N) is 1. The van der Waals surface area contributed by atoms with Crippen LogP contribution in [0.4, 0.5) is 0 Å². The van der Waals surface area contributed by atoms with E-state index in [9.17, 15) is 4.79 Å². The minimum absolute atomic E-state index is 0.318. The number of hydrogen-bond donors (Lipinski definition) is 2. The van der Waals surface area contributed by atoms with Crippen LogP contribution < -0.4 is 5.48 Å². The first-order valence-electron chi connectivity index (χ1n) is 5.88. The lowest BCUT2D eigenvalue weighted by molar-refractivity contribution is -0.129. The smallest absolute Gasteiger partial charge is 0.243 e. The molecule has 0 fully saturated rings. The summed E-state index contributed by atoms with van der Waals surface area (Å²) in [7, 11) is 2.04. The van der Waals surface area contributed by atoms with Crippen LogP contribution in [0.25, 0.3) is 0 Å². The Bertz CT molecular complexity index is 327. The van der Waals surface area contributed by atoms with Crippen molar-refractivity contribution in [2.45, 2.75) is 19.3 Å². The van der Waals surface area contributed by atoms with Crippen molar-refractivity contribution in [1.29, 1.82) is 0 Å². The van der Waals surface area contributed by atoms with Gasteiger partial charge in [-0.3, -0.25) is 10.0 Å². The molecular formula is C13H20N2O2. The van der Waals surface area contributed by atoms with Crippen LogP contribution in [-0.4, -0.2) is 36.2 Å². The zero-order chi connectivity index (χ0) is 12.5. The molecule has 94 valence electrons. The summed E-state index contributed by atoms with van der Waals surface area (Å²) in [4.78, 5) is 13.0. The van der Waals surface area contributed by atoms with Gasteiger partial charge in [0.25, 0.3) is 0 Å². The number of carbonyl (C=O) groups is 1. The van der Waals surface area contributed by atoms with E-state index in [0.29, 0.717) is 6.42 Å². The van der Waals surface area contributed by atoms with Gasteiger partial charge in [0, 0.05) is 13.0 Å². The van der Waals surface area contributed by atoms with Gasteiger partial charge in [-0.2, -0.15) is 0 Å². The molecule has 1 aromatic carbocycles. The number of amides is 1. The molecule has 0 aliphatic rings. The van der Waals surface area contributed by atoms with Crippen molar-refractivity contribution in [1.82, 2.24) is 10.4 Å². The van der Waals surface area contributed by atoms with Crippen molar-refractivity contribution in [3.63, 3.8) is 0 Å². The number of rotatable bonds is 7. The molecule has 0 aliphatic carbocycles. The van der Waals surface area contributed by atoms with E-state index in [1.807, 2.05) is 25.2 Å². The Kier molecular flexibility index (Phi) is 6.29. The molecule has 0 spiro atoms. The Morgan fingerprint density at radius 3 is 2.65 bits per heavy atom. The van der Waals surface area contributed by atoms with Crippen molar-refractivity contribution >= 4 is 5.91 Å². The van der Waals surface area contributed by atoms with Gasteiger partial charge in [-0.25, -0.2) is 5.48 Å². The zero-order valence-corrected chi connectivity index (χ0v) is 10.2. The topological polar surface area (TPSA) is 52.6 Å². The fourth-order valence-corrected chi connectivity index (χ4v) is 1.64. The van der Waals surface area contributed by atoms with E-state index in [2.05, 4.69) is 17.0 Å². The second-order valence-corrected chi connectivity index (χ2v) is 4.18. The first-order valence-corrected chi connectivity index (χ1v) is 5.88. The number of carbonyl (C=O) groups excluding carboxylic acids is 1. The van der Waals surface area contributed by atoms with Crippen LogP contribution in [0.5, 0.6) is 0 Å². The van der Waals surface area contributed by atoms with Gasteiger partial charge in [0.15, 0.2) is 0 Å². The standard InChI is InChI=1S/C13H20N2O2/c1-15(10-5-8-13(16)14-17)11-9-12-6-3-2-4-7-12/h2-4,6-7,17H,5,8-11H2,1H3,(H,14,16). The number of benzene rings is 1. The Morgan fingerprint density at radius 1 is 1.29 bits per heavy atom. The first kappa shape index (κ1) is 13.7. The maximum Gasteiger partial charge on any atom is 0.243 e. The maximum atomic E-state index is 10.8. The van der Waals surface area contributed by atoms with E-state index in [1.165, 1.54) is 5.56 Å². The van der Waals surface area contributed by atoms with Crippen LogP contribution in [0, 0.1) is 0 Å². The lowest BCUT2D eigenvalue weighted by Gasteiger charge is -2.16. The predicted molar refractivity (Wildman–Crippen MR) is 66.8 cm³/mol. The largest absolute Gasteiger partial charge is 0.306 e. The second kappa shape index (κ2) is 7.81. The number of hydroxylamine groups is 1. The molecule has 0 saturated carbocycles. The van der Waals surface area contributed by atoms with Gasteiger partial charge in [-0.15, -0.1) is 0 Å². The van der Waals surface area contributed by atoms with Crippen molar-refractivity contribution < 1.29 is 10.0 Å². The molecule has 4 nitrogen and oxygen atoms in total. The molecular weight excluding hydrogens is 216 g/mol. The van der Waals surface area contributed by atoms with Crippen molar-refractivity contribution in [2.75, 3.05) is 20.1 Å². The third-order valence-electron chi connectivity index (χ3n) is 2.69. The molecule has 2 N–H and O–H groups in total.